The van der Waals surface area contributed by atoms with E-state index in [2.05, 4.69) is 67.3 Å². The highest BCUT2D eigenvalue weighted by Gasteiger charge is 2.17. The molecule has 1 aromatic heterocycles. The molecule has 0 amide bonds. The summed E-state index contributed by atoms with van der Waals surface area (Å²) < 4.78 is 5.61. The minimum absolute atomic E-state index is 0. The van der Waals surface area contributed by atoms with Crippen LogP contribution in [0.2, 0.25) is 0 Å². The molecule has 2 heterocycles. The maximum atomic E-state index is 5.61. The number of aromatic nitrogens is 1. The monoisotopic (exact) mass is 517 g/mol. The van der Waals surface area contributed by atoms with Gasteiger partial charge in [-0.1, -0.05) is 32.8 Å². The van der Waals surface area contributed by atoms with Gasteiger partial charge < -0.3 is 20.3 Å². The average Bonchev–Trinajstić information content (AvgIpc) is 2.66. The molecule has 1 aromatic rings. The molecule has 0 bridgehead atoms. The number of halogens is 1. The highest BCUT2D eigenvalue weighted by molar-refractivity contribution is 14.0. The molecule has 0 spiro atoms. The van der Waals surface area contributed by atoms with Crippen molar-refractivity contribution in [1.82, 2.24) is 15.6 Å². The van der Waals surface area contributed by atoms with E-state index in [0.29, 0.717) is 12.6 Å². The standard InChI is InChI=1S/C22H39N5O.HI/c1-6-23-22(26-18(4)9-7-8-17(2)3)25-15-20-10-11-21(24-14-20)27-12-13-28-19(5)16-27;/h10-11,14,17-19H,6-9,12-13,15-16H2,1-5H3,(H2,23,25,26);1H. The average molecular weight is 518 g/mol. The number of hydrogen-bond acceptors (Lipinski definition) is 4. The van der Waals surface area contributed by atoms with E-state index < -0.39 is 0 Å². The lowest BCUT2D eigenvalue weighted by atomic mass is 10.0. The summed E-state index contributed by atoms with van der Waals surface area (Å²) in [6.45, 7) is 15.0. The summed E-state index contributed by atoms with van der Waals surface area (Å²) in [6, 6.07) is 4.64. The van der Waals surface area contributed by atoms with E-state index in [-0.39, 0.29) is 30.1 Å². The van der Waals surface area contributed by atoms with E-state index >= 15 is 0 Å². The van der Waals surface area contributed by atoms with E-state index in [4.69, 9.17) is 9.73 Å². The maximum absolute atomic E-state index is 5.61. The molecule has 2 N–H and O–H groups in total. The predicted molar refractivity (Wildman–Crippen MR) is 133 cm³/mol. The lowest BCUT2D eigenvalue weighted by Gasteiger charge is -2.32. The van der Waals surface area contributed by atoms with E-state index in [0.717, 1.165) is 55.9 Å². The van der Waals surface area contributed by atoms with Crippen molar-refractivity contribution in [2.75, 3.05) is 31.1 Å². The lowest BCUT2D eigenvalue weighted by Crippen LogP contribution is -2.42. The zero-order valence-electron chi connectivity index (χ0n) is 18.8. The van der Waals surface area contributed by atoms with Crippen molar-refractivity contribution < 1.29 is 4.74 Å². The van der Waals surface area contributed by atoms with Gasteiger partial charge in [-0.15, -0.1) is 24.0 Å². The Morgan fingerprint density at radius 3 is 2.72 bits per heavy atom. The van der Waals surface area contributed by atoms with E-state index in [1.54, 1.807) is 0 Å². The zero-order chi connectivity index (χ0) is 20.4. The van der Waals surface area contributed by atoms with Crippen LogP contribution >= 0.6 is 24.0 Å². The third-order valence-electron chi connectivity index (χ3n) is 4.94. The van der Waals surface area contributed by atoms with Gasteiger partial charge in [0, 0.05) is 31.9 Å². The highest BCUT2D eigenvalue weighted by atomic mass is 127. The number of rotatable bonds is 9. The fourth-order valence-corrected chi connectivity index (χ4v) is 3.35. The van der Waals surface area contributed by atoms with Gasteiger partial charge in [0.2, 0.25) is 0 Å². The second kappa shape index (κ2) is 14.0. The summed E-state index contributed by atoms with van der Waals surface area (Å²) >= 11 is 0. The summed E-state index contributed by atoms with van der Waals surface area (Å²) in [5.41, 5.74) is 1.12. The van der Waals surface area contributed by atoms with Crippen LogP contribution in [-0.2, 0) is 11.3 Å². The lowest BCUT2D eigenvalue weighted by molar-refractivity contribution is 0.0529. The Morgan fingerprint density at radius 1 is 1.31 bits per heavy atom. The van der Waals surface area contributed by atoms with Crippen LogP contribution in [-0.4, -0.2) is 49.3 Å². The Labute approximate surface area is 194 Å². The molecule has 1 aliphatic heterocycles. The fourth-order valence-electron chi connectivity index (χ4n) is 3.35. The normalized spacial score (nSPS) is 18.3. The van der Waals surface area contributed by atoms with Crippen LogP contribution in [0.1, 0.15) is 59.4 Å². The van der Waals surface area contributed by atoms with Gasteiger partial charge in [-0.25, -0.2) is 9.98 Å². The first-order valence-electron chi connectivity index (χ1n) is 10.8. The number of aliphatic imine (C=N–C) groups is 1. The Morgan fingerprint density at radius 2 is 2.10 bits per heavy atom. The molecule has 1 fully saturated rings. The van der Waals surface area contributed by atoms with Gasteiger partial charge in [-0.2, -0.15) is 0 Å². The second-order valence-electron chi connectivity index (χ2n) is 8.22. The minimum atomic E-state index is 0. The molecule has 0 saturated carbocycles. The predicted octanol–water partition coefficient (Wildman–Crippen LogP) is 4.19. The molecule has 166 valence electrons. The van der Waals surface area contributed by atoms with Gasteiger partial charge in [0.1, 0.15) is 5.82 Å². The molecule has 6 nitrogen and oxygen atoms in total. The van der Waals surface area contributed by atoms with Crippen LogP contribution in [0.5, 0.6) is 0 Å². The second-order valence-corrected chi connectivity index (χ2v) is 8.22. The smallest absolute Gasteiger partial charge is 0.191 e. The van der Waals surface area contributed by atoms with Gasteiger partial charge >= 0.3 is 0 Å². The van der Waals surface area contributed by atoms with Crippen LogP contribution in [0.15, 0.2) is 23.3 Å². The Balaban J connectivity index is 0.00000420. The maximum Gasteiger partial charge on any atom is 0.191 e. The Bertz CT molecular complexity index is 593. The summed E-state index contributed by atoms with van der Waals surface area (Å²) in [4.78, 5) is 11.7. The molecule has 0 aliphatic carbocycles. The number of nitrogens with zero attached hydrogens (tertiary/aromatic N) is 3. The molecule has 0 radical (unpaired) electrons. The number of guanidine groups is 1. The molecule has 0 aromatic carbocycles. The minimum Gasteiger partial charge on any atom is -0.375 e. The summed E-state index contributed by atoms with van der Waals surface area (Å²) in [7, 11) is 0. The van der Waals surface area contributed by atoms with Gasteiger partial charge in [0.05, 0.1) is 19.3 Å². The third-order valence-corrected chi connectivity index (χ3v) is 4.94. The van der Waals surface area contributed by atoms with Gasteiger partial charge in [-0.05, 0) is 44.7 Å². The SMILES string of the molecule is CCNC(=NCc1ccc(N2CCOC(C)C2)nc1)NC(C)CCCC(C)C.I. The highest BCUT2D eigenvalue weighted by Crippen LogP contribution is 2.15. The quantitative estimate of drug-likeness (QED) is 0.292. The summed E-state index contributed by atoms with van der Waals surface area (Å²) in [6.07, 6.45) is 5.89. The molecule has 7 heteroatoms. The first kappa shape index (κ1) is 25.9. The zero-order valence-corrected chi connectivity index (χ0v) is 21.1. The topological polar surface area (TPSA) is 61.8 Å². The fraction of sp³-hybridized carbons (Fsp3) is 0.727. The number of morpholine rings is 1. The molecule has 2 atom stereocenters. The van der Waals surface area contributed by atoms with E-state index in [9.17, 15) is 0 Å². The molecule has 1 saturated heterocycles. The van der Waals surface area contributed by atoms with Crippen molar-refractivity contribution in [2.45, 2.75) is 72.6 Å². The van der Waals surface area contributed by atoms with Crippen molar-refractivity contribution in [3.05, 3.63) is 23.9 Å². The van der Waals surface area contributed by atoms with Crippen LogP contribution in [0.25, 0.3) is 0 Å². The van der Waals surface area contributed by atoms with E-state index in [1.807, 2.05) is 6.20 Å². The third kappa shape index (κ3) is 9.98. The van der Waals surface area contributed by atoms with Gasteiger partial charge in [0.15, 0.2) is 5.96 Å². The Kier molecular flexibility index (Phi) is 12.5. The number of ether oxygens (including phenoxy) is 1. The number of pyridine rings is 1. The van der Waals surface area contributed by atoms with E-state index in [1.165, 1.54) is 12.8 Å². The van der Waals surface area contributed by atoms with Crippen LogP contribution in [0, 0.1) is 5.92 Å². The van der Waals surface area contributed by atoms with Crippen LogP contribution in [0.3, 0.4) is 0 Å². The van der Waals surface area contributed by atoms with Crippen molar-refractivity contribution in [3.8, 4) is 0 Å². The Hall–Kier alpha value is -1.09. The molecule has 2 rings (SSSR count). The molecule has 1 aliphatic rings. The van der Waals surface area contributed by atoms with Gasteiger partial charge in [-0.3, -0.25) is 0 Å². The van der Waals surface area contributed by atoms with Crippen molar-refractivity contribution >= 4 is 35.8 Å². The number of hydrogen-bond donors (Lipinski definition) is 2. The summed E-state index contributed by atoms with van der Waals surface area (Å²) in [5.74, 6) is 2.67. The molecule has 2 unspecified atom stereocenters. The number of nitrogens with one attached hydrogen (secondary N) is 2. The first-order valence-corrected chi connectivity index (χ1v) is 10.8. The van der Waals surface area contributed by atoms with Gasteiger partial charge in [0.25, 0.3) is 0 Å². The number of anilines is 1. The molecular formula is C22H40IN5O. The van der Waals surface area contributed by atoms with Crippen LogP contribution < -0.4 is 15.5 Å². The van der Waals surface area contributed by atoms with Crippen LogP contribution in [0.4, 0.5) is 5.82 Å². The van der Waals surface area contributed by atoms with Crippen molar-refractivity contribution in [1.29, 1.82) is 0 Å². The largest absolute Gasteiger partial charge is 0.375 e. The summed E-state index contributed by atoms with van der Waals surface area (Å²) in [5, 5.41) is 6.87. The first-order chi connectivity index (χ1) is 13.5. The van der Waals surface area contributed by atoms with Crippen molar-refractivity contribution in [2.24, 2.45) is 10.9 Å². The molecule has 29 heavy (non-hydrogen) atoms. The van der Waals surface area contributed by atoms with Crippen molar-refractivity contribution in [3.63, 3.8) is 0 Å². The molecular weight excluding hydrogens is 477 g/mol.